The molecule has 4 rings (SSSR count). The minimum Gasteiger partial charge on any atom is -0.393 e. The Bertz CT molecular complexity index is 687. The molecule has 0 bridgehead atoms. The van der Waals surface area contributed by atoms with Gasteiger partial charge >= 0.3 is 0 Å². The first-order valence-electron chi connectivity index (χ1n) is 14.1. The summed E-state index contributed by atoms with van der Waals surface area (Å²) in [4.78, 5) is 0. The average molecular weight is 445 g/mol. The van der Waals surface area contributed by atoms with Crippen LogP contribution in [0, 0.1) is 58.2 Å². The molecule has 4 aliphatic carbocycles. The molecule has 2 N–H and O–H groups in total. The zero-order chi connectivity index (χ0) is 23.4. The number of aliphatic hydroxyl groups excluding tert-OH is 2. The van der Waals surface area contributed by atoms with Gasteiger partial charge in [-0.2, -0.15) is 0 Å². The van der Waals surface area contributed by atoms with E-state index in [-0.39, 0.29) is 17.6 Å². The van der Waals surface area contributed by atoms with Crippen LogP contribution in [0.3, 0.4) is 0 Å². The Hall–Kier alpha value is -0.340. The lowest BCUT2D eigenvalue weighted by Gasteiger charge is -2.59. The molecule has 3 saturated carbocycles. The number of hydrogen-bond acceptors (Lipinski definition) is 2. The van der Waals surface area contributed by atoms with E-state index >= 15 is 0 Å². The Labute approximate surface area is 198 Å². The Kier molecular flexibility index (Phi) is 6.99. The van der Waals surface area contributed by atoms with Gasteiger partial charge in [0.25, 0.3) is 0 Å². The molecule has 0 heterocycles. The standard InChI is InChI=1S/C30H52O2/c1-18(2)23(19(3)4)9-8-20(5)24-10-11-25-28-26(13-15-30(24,25)7)29(6)14-12-22(31)16-21(29)17-27(28)32/h17-20,22-28,31-32H,8-16H2,1-7H3/t20-,22+,24-,25+,26+,27+,28+,29+,30-/m1/s1. The van der Waals surface area contributed by atoms with E-state index < -0.39 is 0 Å². The molecular formula is C30H52O2. The zero-order valence-corrected chi connectivity index (χ0v) is 22.1. The first-order valence-corrected chi connectivity index (χ1v) is 14.1. The Balaban J connectivity index is 1.51. The number of fused-ring (bicyclic) bond motifs is 5. The van der Waals surface area contributed by atoms with Crippen LogP contribution in [-0.4, -0.2) is 22.4 Å². The molecule has 3 fully saturated rings. The van der Waals surface area contributed by atoms with Crippen LogP contribution in [0.4, 0.5) is 0 Å². The van der Waals surface area contributed by atoms with Crippen molar-refractivity contribution in [2.45, 2.75) is 118 Å². The molecule has 0 radical (unpaired) electrons. The van der Waals surface area contributed by atoms with Gasteiger partial charge in [-0.05, 0) is 110 Å². The van der Waals surface area contributed by atoms with Gasteiger partial charge in [0.15, 0.2) is 0 Å². The zero-order valence-electron chi connectivity index (χ0n) is 22.1. The van der Waals surface area contributed by atoms with Crippen LogP contribution in [0.1, 0.15) is 106 Å². The van der Waals surface area contributed by atoms with Crippen molar-refractivity contribution < 1.29 is 10.2 Å². The minimum atomic E-state index is -0.307. The highest BCUT2D eigenvalue weighted by atomic mass is 16.3. The topological polar surface area (TPSA) is 40.5 Å². The third kappa shape index (κ3) is 4.04. The second kappa shape index (κ2) is 9.03. The highest BCUT2D eigenvalue weighted by Gasteiger charge is 2.61. The van der Waals surface area contributed by atoms with Crippen molar-refractivity contribution in [3.05, 3.63) is 11.6 Å². The van der Waals surface area contributed by atoms with Crippen LogP contribution in [0.15, 0.2) is 11.6 Å². The molecule has 0 amide bonds. The largest absolute Gasteiger partial charge is 0.393 e. The molecule has 0 spiro atoms. The van der Waals surface area contributed by atoms with Crippen molar-refractivity contribution in [3.8, 4) is 0 Å². The van der Waals surface area contributed by atoms with Gasteiger partial charge in [-0.3, -0.25) is 0 Å². The average Bonchev–Trinajstić information content (AvgIpc) is 3.06. The van der Waals surface area contributed by atoms with Crippen LogP contribution in [0.25, 0.3) is 0 Å². The van der Waals surface area contributed by atoms with Crippen LogP contribution >= 0.6 is 0 Å². The number of aliphatic hydroxyl groups is 2. The van der Waals surface area contributed by atoms with Crippen molar-refractivity contribution in [1.82, 2.24) is 0 Å². The van der Waals surface area contributed by atoms with Crippen molar-refractivity contribution in [2.24, 2.45) is 58.2 Å². The molecule has 32 heavy (non-hydrogen) atoms. The first-order chi connectivity index (χ1) is 15.0. The molecule has 4 aliphatic rings. The highest BCUT2D eigenvalue weighted by molar-refractivity contribution is 5.27. The Morgan fingerprint density at radius 2 is 1.56 bits per heavy atom. The third-order valence-electron chi connectivity index (χ3n) is 11.5. The summed E-state index contributed by atoms with van der Waals surface area (Å²) < 4.78 is 0. The lowest BCUT2D eigenvalue weighted by atomic mass is 9.46. The molecular weight excluding hydrogens is 392 g/mol. The summed E-state index contributed by atoms with van der Waals surface area (Å²) in [5.74, 6) is 5.67. The fourth-order valence-electron chi connectivity index (χ4n) is 9.70. The fraction of sp³-hybridized carbons (Fsp3) is 0.933. The van der Waals surface area contributed by atoms with Crippen LogP contribution < -0.4 is 0 Å². The molecule has 0 saturated heterocycles. The van der Waals surface area contributed by atoms with Gasteiger partial charge in [-0.25, -0.2) is 0 Å². The minimum absolute atomic E-state index is 0.204. The summed E-state index contributed by atoms with van der Waals surface area (Å²) in [6.45, 7) is 17.2. The van der Waals surface area contributed by atoms with Crippen LogP contribution in [-0.2, 0) is 0 Å². The van der Waals surface area contributed by atoms with Crippen LogP contribution in [0.2, 0.25) is 0 Å². The van der Waals surface area contributed by atoms with E-state index in [0.717, 1.165) is 48.9 Å². The van der Waals surface area contributed by atoms with Crippen LogP contribution in [0.5, 0.6) is 0 Å². The Morgan fingerprint density at radius 3 is 2.22 bits per heavy atom. The summed E-state index contributed by atoms with van der Waals surface area (Å²) in [5.41, 5.74) is 1.96. The molecule has 2 nitrogen and oxygen atoms in total. The maximum absolute atomic E-state index is 11.4. The molecule has 9 atom stereocenters. The third-order valence-corrected chi connectivity index (χ3v) is 11.5. The van der Waals surface area contributed by atoms with Gasteiger partial charge in [0.05, 0.1) is 12.2 Å². The molecule has 0 aliphatic heterocycles. The van der Waals surface area contributed by atoms with Crippen molar-refractivity contribution >= 4 is 0 Å². The summed E-state index contributed by atoms with van der Waals surface area (Å²) in [5, 5.41) is 21.6. The normalized spacial score (nSPS) is 44.9. The predicted molar refractivity (Wildman–Crippen MR) is 134 cm³/mol. The first kappa shape index (κ1) is 24.8. The second-order valence-corrected chi connectivity index (χ2v) is 13.7. The molecule has 0 aromatic carbocycles. The van der Waals surface area contributed by atoms with Gasteiger partial charge in [0, 0.05) is 0 Å². The monoisotopic (exact) mass is 444 g/mol. The molecule has 0 unspecified atom stereocenters. The van der Waals surface area contributed by atoms with Gasteiger partial charge in [0.2, 0.25) is 0 Å². The molecule has 2 heteroatoms. The maximum atomic E-state index is 11.4. The van der Waals surface area contributed by atoms with E-state index in [2.05, 4.69) is 54.5 Å². The quantitative estimate of drug-likeness (QED) is 0.424. The maximum Gasteiger partial charge on any atom is 0.0757 e. The SMILES string of the molecule is CC(C)C(CC[C@@H](C)[C@H]1CC[C@H]2[C@@H]3[C@@H](O)C=C4C[C@@H](O)CC[C@]4(C)[C@H]3CC[C@]12C)C(C)C. The van der Waals surface area contributed by atoms with E-state index in [1.54, 1.807) is 0 Å². The summed E-state index contributed by atoms with van der Waals surface area (Å²) >= 11 is 0. The van der Waals surface area contributed by atoms with E-state index in [1.165, 1.54) is 44.1 Å². The molecule has 0 aromatic heterocycles. The lowest BCUT2D eigenvalue weighted by Crippen LogP contribution is -2.55. The van der Waals surface area contributed by atoms with E-state index in [4.69, 9.17) is 0 Å². The van der Waals surface area contributed by atoms with E-state index in [9.17, 15) is 10.2 Å². The smallest absolute Gasteiger partial charge is 0.0757 e. The van der Waals surface area contributed by atoms with E-state index in [0.29, 0.717) is 23.2 Å². The van der Waals surface area contributed by atoms with Crippen molar-refractivity contribution in [1.29, 1.82) is 0 Å². The highest BCUT2D eigenvalue weighted by Crippen LogP contribution is 2.67. The summed E-state index contributed by atoms with van der Waals surface area (Å²) in [6, 6.07) is 0. The second-order valence-electron chi connectivity index (χ2n) is 13.7. The molecule has 0 aromatic rings. The fourth-order valence-corrected chi connectivity index (χ4v) is 9.70. The van der Waals surface area contributed by atoms with Crippen molar-refractivity contribution in [3.63, 3.8) is 0 Å². The van der Waals surface area contributed by atoms with Gasteiger partial charge in [-0.1, -0.05) is 66.5 Å². The van der Waals surface area contributed by atoms with E-state index in [1.807, 2.05) is 0 Å². The predicted octanol–water partition coefficient (Wildman–Crippen LogP) is 7.24. The van der Waals surface area contributed by atoms with Gasteiger partial charge in [0.1, 0.15) is 0 Å². The summed E-state index contributed by atoms with van der Waals surface area (Å²) in [6.07, 6.45) is 12.5. The number of hydrogen-bond donors (Lipinski definition) is 2. The summed E-state index contributed by atoms with van der Waals surface area (Å²) in [7, 11) is 0. The lowest BCUT2D eigenvalue weighted by molar-refractivity contribution is -0.0972. The molecule has 184 valence electrons. The Morgan fingerprint density at radius 1 is 0.875 bits per heavy atom. The number of rotatable bonds is 6. The van der Waals surface area contributed by atoms with Crippen molar-refractivity contribution in [2.75, 3.05) is 0 Å². The van der Waals surface area contributed by atoms with Gasteiger partial charge < -0.3 is 10.2 Å². The van der Waals surface area contributed by atoms with Gasteiger partial charge in [-0.15, -0.1) is 0 Å².